The number of rotatable bonds is 5. The van der Waals surface area contributed by atoms with Crippen molar-refractivity contribution in [3.05, 3.63) is 0 Å². The van der Waals surface area contributed by atoms with E-state index in [2.05, 4.69) is 17.1 Å². The van der Waals surface area contributed by atoms with Crippen LogP contribution in [0.15, 0.2) is 0 Å². The summed E-state index contributed by atoms with van der Waals surface area (Å²) in [6.07, 6.45) is 1.08. The summed E-state index contributed by atoms with van der Waals surface area (Å²) < 4.78 is 0. The Labute approximate surface area is 106 Å². The van der Waals surface area contributed by atoms with Crippen LogP contribution in [0.3, 0.4) is 0 Å². The lowest BCUT2D eigenvalue weighted by Crippen LogP contribution is -2.55. The normalized spacial score (nSPS) is 18.4. The third-order valence-electron chi connectivity index (χ3n) is 2.98. The molecule has 104 valence electrons. The molecule has 1 aliphatic heterocycles. The van der Waals surface area contributed by atoms with E-state index in [1.54, 1.807) is 4.90 Å². The second-order valence-corrected chi connectivity index (χ2v) is 4.35. The van der Waals surface area contributed by atoms with Crippen LogP contribution in [0.4, 0.5) is 4.79 Å². The SMILES string of the molecule is CCCN1CCN(C(=O)NC(CO)C(=O)O)CC1. The second kappa shape index (κ2) is 7.17. The summed E-state index contributed by atoms with van der Waals surface area (Å²) in [6, 6.07) is -1.65. The molecule has 1 heterocycles. The number of nitrogens with one attached hydrogen (secondary N) is 1. The molecule has 0 aromatic carbocycles. The first-order chi connectivity index (χ1) is 8.58. The lowest BCUT2D eigenvalue weighted by Gasteiger charge is -2.34. The number of hydrogen-bond acceptors (Lipinski definition) is 4. The number of hydrogen-bond donors (Lipinski definition) is 3. The molecule has 0 aromatic heterocycles. The molecular weight excluding hydrogens is 238 g/mol. The van der Waals surface area contributed by atoms with Crippen LogP contribution in [0, 0.1) is 0 Å². The number of carboxylic acids is 1. The predicted molar refractivity (Wildman–Crippen MR) is 65.3 cm³/mol. The Morgan fingerprint density at radius 3 is 2.33 bits per heavy atom. The van der Waals surface area contributed by atoms with Crippen molar-refractivity contribution in [1.82, 2.24) is 15.1 Å². The molecule has 0 spiro atoms. The predicted octanol–water partition coefficient (Wildman–Crippen LogP) is -0.831. The van der Waals surface area contributed by atoms with Crippen LogP contribution < -0.4 is 5.32 Å². The Kier molecular flexibility index (Phi) is 5.87. The molecule has 1 saturated heterocycles. The molecular formula is C11H21N3O4. The van der Waals surface area contributed by atoms with E-state index >= 15 is 0 Å². The fourth-order valence-electron chi connectivity index (χ4n) is 1.92. The van der Waals surface area contributed by atoms with Crippen molar-refractivity contribution < 1.29 is 19.8 Å². The average Bonchev–Trinajstić information content (AvgIpc) is 2.36. The summed E-state index contributed by atoms with van der Waals surface area (Å²) in [7, 11) is 0. The summed E-state index contributed by atoms with van der Waals surface area (Å²) >= 11 is 0. The van der Waals surface area contributed by atoms with Crippen molar-refractivity contribution in [2.45, 2.75) is 19.4 Å². The highest BCUT2D eigenvalue weighted by atomic mass is 16.4. The third kappa shape index (κ3) is 4.15. The lowest BCUT2D eigenvalue weighted by molar-refractivity contribution is -0.140. The van der Waals surface area contributed by atoms with Gasteiger partial charge in [-0.1, -0.05) is 6.92 Å². The van der Waals surface area contributed by atoms with Crippen LogP contribution in [-0.2, 0) is 4.79 Å². The van der Waals surface area contributed by atoms with E-state index in [0.29, 0.717) is 13.1 Å². The van der Waals surface area contributed by atoms with Gasteiger partial charge >= 0.3 is 12.0 Å². The number of carbonyl (C=O) groups excluding carboxylic acids is 1. The maximum absolute atomic E-state index is 11.8. The quantitative estimate of drug-likeness (QED) is 0.599. The monoisotopic (exact) mass is 259 g/mol. The molecule has 0 aliphatic carbocycles. The number of carbonyl (C=O) groups is 2. The van der Waals surface area contributed by atoms with Gasteiger partial charge in [-0.15, -0.1) is 0 Å². The summed E-state index contributed by atoms with van der Waals surface area (Å²) in [5.41, 5.74) is 0. The molecule has 1 rings (SSSR count). The number of aliphatic hydroxyl groups is 1. The van der Waals surface area contributed by atoms with Crippen LogP contribution in [0.1, 0.15) is 13.3 Å². The Balaban J connectivity index is 2.38. The molecule has 7 heteroatoms. The second-order valence-electron chi connectivity index (χ2n) is 4.35. The molecule has 0 radical (unpaired) electrons. The number of aliphatic hydroxyl groups excluding tert-OH is 1. The standard InChI is InChI=1S/C11H21N3O4/c1-2-3-13-4-6-14(7-5-13)11(18)12-9(8-15)10(16)17/h9,15H,2-8H2,1H3,(H,12,18)(H,16,17). The molecule has 1 aliphatic rings. The first kappa shape index (κ1) is 14.7. The highest BCUT2D eigenvalue weighted by molar-refractivity contribution is 5.82. The first-order valence-electron chi connectivity index (χ1n) is 6.20. The Bertz CT molecular complexity index is 290. The summed E-state index contributed by atoms with van der Waals surface area (Å²) in [5.74, 6) is -1.23. The topological polar surface area (TPSA) is 93.1 Å². The van der Waals surface area contributed by atoms with Gasteiger partial charge in [-0.2, -0.15) is 0 Å². The molecule has 7 nitrogen and oxygen atoms in total. The molecule has 1 unspecified atom stereocenters. The van der Waals surface area contributed by atoms with E-state index in [0.717, 1.165) is 26.1 Å². The van der Waals surface area contributed by atoms with Crippen molar-refractivity contribution in [3.8, 4) is 0 Å². The summed E-state index contributed by atoms with van der Waals surface area (Å²) in [4.78, 5) is 26.3. The number of piperazine rings is 1. The van der Waals surface area contributed by atoms with Crippen molar-refractivity contribution in [2.75, 3.05) is 39.3 Å². The van der Waals surface area contributed by atoms with Crippen LogP contribution in [0.2, 0.25) is 0 Å². The van der Waals surface area contributed by atoms with Crippen LogP contribution in [-0.4, -0.2) is 77.4 Å². The molecule has 1 fully saturated rings. The van der Waals surface area contributed by atoms with Gasteiger partial charge in [0, 0.05) is 26.2 Å². The van der Waals surface area contributed by atoms with E-state index in [4.69, 9.17) is 10.2 Å². The van der Waals surface area contributed by atoms with Gasteiger partial charge in [0.1, 0.15) is 0 Å². The molecule has 2 amide bonds. The minimum absolute atomic E-state index is 0.424. The molecule has 1 atom stereocenters. The van der Waals surface area contributed by atoms with E-state index < -0.39 is 24.6 Å². The summed E-state index contributed by atoms with van der Waals surface area (Å²) in [6.45, 7) is 5.31. The lowest BCUT2D eigenvalue weighted by atomic mass is 10.3. The van der Waals surface area contributed by atoms with Crippen LogP contribution in [0.25, 0.3) is 0 Å². The fourth-order valence-corrected chi connectivity index (χ4v) is 1.92. The smallest absolute Gasteiger partial charge is 0.328 e. The molecule has 0 bridgehead atoms. The number of nitrogens with zero attached hydrogens (tertiary/aromatic N) is 2. The van der Waals surface area contributed by atoms with E-state index in [-0.39, 0.29) is 0 Å². The minimum Gasteiger partial charge on any atom is -0.480 e. The number of amides is 2. The zero-order chi connectivity index (χ0) is 13.5. The maximum Gasteiger partial charge on any atom is 0.328 e. The fraction of sp³-hybridized carbons (Fsp3) is 0.818. The van der Waals surface area contributed by atoms with Crippen molar-refractivity contribution in [1.29, 1.82) is 0 Å². The van der Waals surface area contributed by atoms with Gasteiger partial charge in [-0.25, -0.2) is 9.59 Å². The largest absolute Gasteiger partial charge is 0.480 e. The van der Waals surface area contributed by atoms with Gasteiger partial charge in [0.25, 0.3) is 0 Å². The molecule has 18 heavy (non-hydrogen) atoms. The van der Waals surface area contributed by atoms with Crippen molar-refractivity contribution in [3.63, 3.8) is 0 Å². The summed E-state index contributed by atoms with van der Waals surface area (Å²) in [5, 5.41) is 19.9. The van der Waals surface area contributed by atoms with Gasteiger partial charge in [-0.3, -0.25) is 4.90 Å². The van der Waals surface area contributed by atoms with Gasteiger partial charge in [0.2, 0.25) is 0 Å². The molecule has 3 N–H and O–H groups in total. The third-order valence-corrected chi connectivity index (χ3v) is 2.98. The Morgan fingerprint density at radius 1 is 1.28 bits per heavy atom. The van der Waals surface area contributed by atoms with E-state index in [9.17, 15) is 9.59 Å². The van der Waals surface area contributed by atoms with Crippen molar-refractivity contribution >= 4 is 12.0 Å². The molecule has 0 aromatic rings. The Hall–Kier alpha value is -1.34. The zero-order valence-corrected chi connectivity index (χ0v) is 10.6. The number of aliphatic carboxylic acids is 1. The van der Waals surface area contributed by atoms with Crippen LogP contribution in [0.5, 0.6) is 0 Å². The Morgan fingerprint density at radius 2 is 1.89 bits per heavy atom. The van der Waals surface area contributed by atoms with Gasteiger partial charge in [0.15, 0.2) is 6.04 Å². The number of carboxylic acid groups (broad SMARTS) is 1. The zero-order valence-electron chi connectivity index (χ0n) is 10.6. The highest BCUT2D eigenvalue weighted by Gasteiger charge is 2.25. The van der Waals surface area contributed by atoms with Gasteiger partial charge in [-0.05, 0) is 13.0 Å². The van der Waals surface area contributed by atoms with Gasteiger partial charge < -0.3 is 20.4 Å². The maximum atomic E-state index is 11.8. The number of urea groups is 1. The van der Waals surface area contributed by atoms with E-state index in [1.807, 2.05) is 0 Å². The first-order valence-corrected chi connectivity index (χ1v) is 6.20. The van der Waals surface area contributed by atoms with E-state index in [1.165, 1.54) is 0 Å². The minimum atomic E-state index is -1.23. The van der Waals surface area contributed by atoms with Crippen LogP contribution >= 0.6 is 0 Å². The molecule has 0 saturated carbocycles. The highest BCUT2D eigenvalue weighted by Crippen LogP contribution is 2.03. The van der Waals surface area contributed by atoms with Crippen molar-refractivity contribution in [2.24, 2.45) is 0 Å². The average molecular weight is 259 g/mol. The van der Waals surface area contributed by atoms with Gasteiger partial charge in [0.05, 0.1) is 6.61 Å².